The van der Waals surface area contributed by atoms with E-state index >= 15 is 0 Å². The van der Waals surface area contributed by atoms with Gasteiger partial charge in [0.15, 0.2) is 0 Å². The Kier molecular flexibility index (Phi) is 4.84. The average molecular weight is 303 g/mol. The average Bonchev–Trinajstić information content (AvgIpc) is 2.78. The molecule has 0 heterocycles. The van der Waals surface area contributed by atoms with Crippen molar-refractivity contribution >= 4 is 21.6 Å². The molecule has 19 heavy (non-hydrogen) atoms. The van der Waals surface area contributed by atoms with Gasteiger partial charge in [-0.15, -0.1) is 0 Å². The summed E-state index contributed by atoms with van der Waals surface area (Å²) in [5.74, 6) is 0.168. The van der Waals surface area contributed by atoms with Crippen molar-refractivity contribution in [1.29, 1.82) is 0 Å². The highest BCUT2D eigenvalue weighted by molar-refractivity contribution is 7.88. The van der Waals surface area contributed by atoms with Gasteiger partial charge in [-0.1, -0.05) is 36.2 Å². The molecule has 1 saturated carbocycles. The van der Waals surface area contributed by atoms with Crippen molar-refractivity contribution < 1.29 is 8.42 Å². The first-order valence-electron chi connectivity index (χ1n) is 6.45. The zero-order valence-electron chi connectivity index (χ0n) is 10.7. The van der Waals surface area contributed by atoms with Crippen LogP contribution in [0.1, 0.15) is 24.8 Å². The van der Waals surface area contributed by atoms with Crippen molar-refractivity contribution in [2.75, 3.05) is 6.54 Å². The van der Waals surface area contributed by atoms with Gasteiger partial charge in [-0.3, -0.25) is 0 Å². The van der Waals surface area contributed by atoms with E-state index in [-0.39, 0.29) is 17.7 Å². The minimum absolute atomic E-state index is 0.0301. The minimum atomic E-state index is -3.37. The van der Waals surface area contributed by atoms with Gasteiger partial charge in [-0.05, 0) is 36.9 Å². The molecule has 0 spiro atoms. The smallest absolute Gasteiger partial charge is 0.216 e. The maximum atomic E-state index is 12.2. The molecule has 0 unspecified atom stereocenters. The van der Waals surface area contributed by atoms with E-state index < -0.39 is 10.0 Å². The first-order chi connectivity index (χ1) is 9.02. The predicted molar refractivity (Wildman–Crippen MR) is 77.4 cm³/mol. The zero-order chi connectivity index (χ0) is 13.9. The Labute approximate surface area is 119 Å². The maximum Gasteiger partial charge on any atom is 0.216 e. The number of sulfonamides is 1. The predicted octanol–water partition coefficient (Wildman–Crippen LogP) is 1.89. The molecule has 0 bridgehead atoms. The van der Waals surface area contributed by atoms with Crippen molar-refractivity contribution in [3.63, 3.8) is 0 Å². The zero-order valence-corrected chi connectivity index (χ0v) is 12.3. The third-order valence-corrected chi connectivity index (χ3v) is 5.32. The Morgan fingerprint density at radius 2 is 2.05 bits per heavy atom. The van der Waals surface area contributed by atoms with E-state index in [0.717, 1.165) is 19.3 Å². The van der Waals surface area contributed by atoms with Gasteiger partial charge < -0.3 is 5.73 Å². The quantitative estimate of drug-likeness (QED) is 0.872. The summed E-state index contributed by atoms with van der Waals surface area (Å²) in [5, 5.41) is 0.481. The van der Waals surface area contributed by atoms with Crippen LogP contribution in [-0.2, 0) is 15.8 Å². The van der Waals surface area contributed by atoms with Gasteiger partial charge in [0.05, 0.1) is 5.75 Å². The number of nitrogens with two attached hydrogens (primary N) is 1. The topological polar surface area (TPSA) is 72.2 Å². The standard InChI is InChI=1S/C13H19ClN2O2S/c14-12-6-2-1-4-11(12)9-19(17,18)16-13-7-3-5-10(13)8-15/h1-2,4,6,10,13,16H,3,5,7-9,15H2/t10-,13+/m1/s1. The van der Waals surface area contributed by atoms with E-state index in [4.69, 9.17) is 17.3 Å². The van der Waals surface area contributed by atoms with Crippen LogP contribution in [0.3, 0.4) is 0 Å². The van der Waals surface area contributed by atoms with Crippen molar-refractivity contribution in [3.05, 3.63) is 34.9 Å². The fourth-order valence-corrected chi connectivity index (χ4v) is 4.36. The molecular weight excluding hydrogens is 284 g/mol. The summed E-state index contributed by atoms with van der Waals surface area (Å²) in [4.78, 5) is 0. The van der Waals surface area contributed by atoms with Gasteiger partial charge in [0, 0.05) is 11.1 Å². The molecule has 4 nitrogen and oxygen atoms in total. The lowest BCUT2D eigenvalue weighted by Crippen LogP contribution is -2.40. The second-order valence-corrected chi connectivity index (χ2v) is 7.16. The number of nitrogens with one attached hydrogen (secondary N) is 1. The van der Waals surface area contributed by atoms with Crippen molar-refractivity contribution in [1.82, 2.24) is 4.72 Å². The summed E-state index contributed by atoms with van der Waals surface area (Å²) < 4.78 is 27.1. The van der Waals surface area contributed by atoms with Gasteiger partial charge in [0.1, 0.15) is 0 Å². The third kappa shape index (κ3) is 3.92. The first kappa shape index (κ1) is 14.8. The largest absolute Gasteiger partial charge is 0.330 e. The molecule has 6 heteroatoms. The van der Waals surface area contributed by atoms with Crippen LogP contribution in [0.2, 0.25) is 5.02 Å². The third-order valence-electron chi connectivity index (χ3n) is 3.60. The lowest BCUT2D eigenvalue weighted by molar-refractivity contribution is 0.452. The fourth-order valence-electron chi connectivity index (χ4n) is 2.57. The van der Waals surface area contributed by atoms with Crippen LogP contribution in [0.25, 0.3) is 0 Å². The molecule has 106 valence electrons. The second kappa shape index (κ2) is 6.22. The van der Waals surface area contributed by atoms with Crippen LogP contribution in [0, 0.1) is 5.92 Å². The number of hydrogen-bond acceptors (Lipinski definition) is 3. The highest BCUT2D eigenvalue weighted by Gasteiger charge is 2.29. The van der Waals surface area contributed by atoms with Gasteiger partial charge in [-0.25, -0.2) is 13.1 Å². The number of rotatable bonds is 5. The molecular formula is C13H19ClN2O2S. The molecule has 0 aromatic heterocycles. The summed E-state index contributed by atoms with van der Waals surface area (Å²) in [5.41, 5.74) is 6.29. The molecule has 3 N–H and O–H groups in total. The lowest BCUT2D eigenvalue weighted by Gasteiger charge is -2.19. The minimum Gasteiger partial charge on any atom is -0.330 e. The number of benzene rings is 1. The Morgan fingerprint density at radius 1 is 1.32 bits per heavy atom. The number of halogens is 1. The monoisotopic (exact) mass is 302 g/mol. The second-order valence-electron chi connectivity index (χ2n) is 5.00. The Hall–Kier alpha value is -0.620. The van der Waals surface area contributed by atoms with Crippen molar-refractivity contribution in [3.8, 4) is 0 Å². The van der Waals surface area contributed by atoms with Crippen LogP contribution in [0.15, 0.2) is 24.3 Å². The van der Waals surface area contributed by atoms with E-state index in [1.54, 1.807) is 24.3 Å². The van der Waals surface area contributed by atoms with Gasteiger partial charge in [0.25, 0.3) is 0 Å². The molecule has 1 fully saturated rings. The summed E-state index contributed by atoms with van der Waals surface area (Å²) in [6.45, 7) is 0.527. The van der Waals surface area contributed by atoms with Crippen LogP contribution in [0.5, 0.6) is 0 Å². The Balaban J connectivity index is 2.05. The van der Waals surface area contributed by atoms with Crippen LogP contribution in [-0.4, -0.2) is 21.0 Å². The maximum absolute atomic E-state index is 12.2. The molecule has 1 aliphatic carbocycles. The highest BCUT2D eigenvalue weighted by atomic mass is 35.5. The van der Waals surface area contributed by atoms with Gasteiger partial charge >= 0.3 is 0 Å². The molecule has 0 radical (unpaired) electrons. The summed E-state index contributed by atoms with van der Waals surface area (Å²) in [6, 6.07) is 6.97. The molecule has 1 aromatic rings. The van der Waals surface area contributed by atoms with E-state index in [2.05, 4.69) is 4.72 Å². The van der Waals surface area contributed by atoms with Crippen LogP contribution >= 0.6 is 11.6 Å². The normalized spacial score (nSPS) is 23.7. The van der Waals surface area contributed by atoms with E-state index in [1.807, 2.05) is 0 Å². The van der Waals surface area contributed by atoms with E-state index in [0.29, 0.717) is 17.1 Å². The lowest BCUT2D eigenvalue weighted by atomic mass is 10.1. The number of hydrogen-bond donors (Lipinski definition) is 2. The van der Waals surface area contributed by atoms with Crippen molar-refractivity contribution in [2.45, 2.75) is 31.1 Å². The molecule has 1 aliphatic rings. The molecule has 0 saturated heterocycles. The summed E-state index contributed by atoms with van der Waals surface area (Å²) in [7, 11) is -3.37. The van der Waals surface area contributed by atoms with Crippen LogP contribution < -0.4 is 10.5 Å². The molecule has 2 rings (SSSR count). The molecule has 2 atom stereocenters. The van der Waals surface area contributed by atoms with E-state index in [1.165, 1.54) is 0 Å². The van der Waals surface area contributed by atoms with Gasteiger partial charge in [0.2, 0.25) is 10.0 Å². The fraction of sp³-hybridized carbons (Fsp3) is 0.538. The van der Waals surface area contributed by atoms with E-state index in [9.17, 15) is 8.42 Å². The SMILES string of the molecule is NC[C@H]1CCC[C@@H]1NS(=O)(=O)Cc1ccccc1Cl. The summed E-state index contributed by atoms with van der Waals surface area (Å²) in [6.07, 6.45) is 2.89. The molecule has 0 aliphatic heterocycles. The Morgan fingerprint density at radius 3 is 2.74 bits per heavy atom. The molecule has 0 amide bonds. The first-order valence-corrected chi connectivity index (χ1v) is 8.48. The molecule has 1 aromatic carbocycles. The van der Waals surface area contributed by atoms with Crippen LogP contribution in [0.4, 0.5) is 0 Å². The van der Waals surface area contributed by atoms with Gasteiger partial charge in [-0.2, -0.15) is 0 Å². The summed E-state index contributed by atoms with van der Waals surface area (Å²) >= 11 is 5.99. The highest BCUT2D eigenvalue weighted by Crippen LogP contribution is 2.26. The van der Waals surface area contributed by atoms with Crippen molar-refractivity contribution in [2.24, 2.45) is 11.7 Å². The Bertz CT molecular complexity index is 533.